The second-order valence-corrected chi connectivity index (χ2v) is 5.37. The van der Waals surface area contributed by atoms with Crippen LogP contribution < -0.4 is 5.56 Å². The van der Waals surface area contributed by atoms with Gasteiger partial charge in [0.15, 0.2) is 0 Å². The lowest BCUT2D eigenvalue weighted by atomic mass is 10.1. The minimum Gasteiger partial charge on any atom is -0.326 e. The third kappa shape index (κ3) is 2.79. The van der Waals surface area contributed by atoms with Gasteiger partial charge in [0.05, 0.1) is 6.42 Å². The molecule has 0 unspecified atom stereocenters. The van der Waals surface area contributed by atoms with Crippen LogP contribution in [0, 0.1) is 0 Å². The Labute approximate surface area is 128 Å². The molecule has 2 heterocycles. The molecule has 1 aromatic rings. The van der Waals surface area contributed by atoms with Gasteiger partial charge in [-0.2, -0.15) is 0 Å². The summed E-state index contributed by atoms with van der Waals surface area (Å²) in [5.74, 6) is -1.08. The number of likely N-dealkylation sites (tertiary alicyclic amines) is 1. The SMILES string of the molecule is CCCN(C(=O)c1ccn(C)c(=O)c1)[C@H]1CC(=O)N(C)C1=O. The molecule has 0 N–H and O–H groups in total. The minimum atomic E-state index is -0.783. The van der Waals surface area contributed by atoms with E-state index < -0.39 is 11.9 Å². The van der Waals surface area contributed by atoms with Gasteiger partial charge in [-0.25, -0.2) is 0 Å². The zero-order chi connectivity index (χ0) is 16.4. The standard InChI is InChI=1S/C15H19N3O4/c1-4-6-18(11-9-13(20)17(3)15(11)22)14(21)10-5-7-16(2)12(19)8-10/h5,7-8,11H,4,6,9H2,1-3H3/t11-/m0/s1. The molecule has 3 amide bonds. The number of amides is 3. The Balaban J connectivity index is 2.33. The number of rotatable bonds is 4. The molecule has 0 spiro atoms. The fraction of sp³-hybridized carbons (Fsp3) is 0.467. The zero-order valence-electron chi connectivity index (χ0n) is 12.9. The molecule has 7 heteroatoms. The van der Waals surface area contributed by atoms with Crippen molar-refractivity contribution in [2.45, 2.75) is 25.8 Å². The van der Waals surface area contributed by atoms with Gasteiger partial charge in [-0.15, -0.1) is 0 Å². The van der Waals surface area contributed by atoms with Crippen LogP contribution in [0.25, 0.3) is 0 Å². The fourth-order valence-electron chi connectivity index (χ4n) is 2.47. The minimum absolute atomic E-state index is 0.00802. The molecule has 1 saturated heterocycles. The third-order valence-corrected chi connectivity index (χ3v) is 3.81. The highest BCUT2D eigenvalue weighted by molar-refractivity contribution is 6.08. The second-order valence-electron chi connectivity index (χ2n) is 5.37. The second kappa shape index (κ2) is 6.13. The predicted octanol–water partition coefficient (Wildman–Crippen LogP) is -0.00520. The summed E-state index contributed by atoms with van der Waals surface area (Å²) in [6.45, 7) is 2.24. The molecule has 0 saturated carbocycles. The van der Waals surface area contributed by atoms with Crippen molar-refractivity contribution in [3.05, 3.63) is 34.2 Å². The van der Waals surface area contributed by atoms with Crippen LogP contribution in [0.15, 0.2) is 23.1 Å². The summed E-state index contributed by atoms with van der Waals surface area (Å²) in [5.41, 5.74) is -0.0698. The maximum atomic E-state index is 12.6. The fourth-order valence-corrected chi connectivity index (χ4v) is 2.47. The van der Waals surface area contributed by atoms with Crippen LogP contribution in [0.4, 0.5) is 0 Å². The molecule has 1 aromatic heterocycles. The molecule has 7 nitrogen and oxygen atoms in total. The molecule has 1 atom stereocenters. The summed E-state index contributed by atoms with van der Waals surface area (Å²) in [6, 6.07) is 2.00. The van der Waals surface area contributed by atoms with Crippen molar-refractivity contribution < 1.29 is 14.4 Å². The van der Waals surface area contributed by atoms with E-state index in [1.807, 2.05) is 6.92 Å². The van der Waals surface area contributed by atoms with E-state index in [0.717, 1.165) is 4.90 Å². The van der Waals surface area contributed by atoms with E-state index in [-0.39, 0.29) is 29.4 Å². The van der Waals surface area contributed by atoms with Crippen molar-refractivity contribution in [2.24, 2.45) is 7.05 Å². The lowest BCUT2D eigenvalue weighted by Gasteiger charge is -2.27. The average molecular weight is 305 g/mol. The number of hydrogen-bond donors (Lipinski definition) is 0. The van der Waals surface area contributed by atoms with E-state index in [2.05, 4.69) is 0 Å². The lowest BCUT2D eigenvalue weighted by molar-refractivity contribution is -0.137. The van der Waals surface area contributed by atoms with Crippen LogP contribution in [0.5, 0.6) is 0 Å². The molecular weight excluding hydrogens is 286 g/mol. The van der Waals surface area contributed by atoms with Crippen LogP contribution in [-0.4, -0.2) is 51.7 Å². The zero-order valence-corrected chi connectivity index (χ0v) is 12.9. The molecule has 0 radical (unpaired) electrons. The quantitative estimate of drug-likeness (QED) is 0.733. The van der Waals surface area contributed by atoms with Gasteiger partial charge in [0.25, 0.3) is 17.4 Å². The first-order chi connectivity index (χ1) is 10.4. The van der Waals surface area contributed by atoms with Gasteiger partial charge in [-0.3, -0.25) is 24.1 Å². The number of pyridine rings is 1. The molecule has 22 heavy (non-hydrogen) atoms. The van der Waals surface area contributed by atoms with Crippen molar-refractivity contribution in [3.8, 4) is 0 Å². The Morgan fingerprint density at radius 3 is 2.50 bits per heavy atom. The van der Waals surface area contributed by atoms with E-state index in [4.69, 9.17) is 0 Å². The smallest absolute Gasteiger partial charge is 0.254 e. The van der Waals surface area contributed by atoms with Crippen molar-refractivity contribution >= 4 is 17.7 Å². The van der Waals surface area contributed by atoms with E-state index in [1.54, 1.807) is 7.05 Å². The topological polar surface area (TPSA) is 79.7 Å². The molecule has 1 aliphatic rings. The maximum Gasteiger partial charge on any atom is 0.254 e. The average Bonchev–Trinajstić information content (AvgIpc) is 2.74. The highest BCUT2D eigenvalue weighted by atomic mass is 16.2. The van der Waals surface area contributed by atoms with E-state index in [1.165, 1.54) is 34.8 Å². The van der Waals surface area contributed by atoms with E-state index in [0.29, 0.717) is 13.0 Å². The van der Waals surface area contributed by atoms with Gasteiger partial charge < -0.3 is 9.47 Å². The molecular formula is C15H19N3O4. The first kappa shape index (κ1) is 15.9. The van der Waals surface area contributed by atoms with Gasteiger partial charge in [0.2, 0.25) is 5.91 Å². The monoisotopic (exact) mass is 305 g/mol. The van der Waals surface area contributed by atoms with Crippen molar-refractivity contribution in [3.63, 3.8) is 0 Å². The number of hydrogen-bond acceptors (Lipinski definition) is 4. The molecule has 0 bridgehead atoms. The summed E-state index contributed by atoms with van der Waals surface area (Å²) in [6.07, 6.45) is 2.15. The Morgan fingerprint density at radius 1 is 1.32 bits per heavy atom. The number of nitrogens with zero attached hydrogens (tertiary/aromatic N) is 3. The summed E-state index contributed by atoms with van der Waals surface area (Å²) >= 11 is 0. The maximum absolute atomic E-state index is 12.6. The summed E-state index contributed by atoms with van der Waals surface area (Å²) in [4.78, 5) is 50.6. The summed E-state index contributed by atoms with van der Waals surface area (Å²) < 4.78 is 1.36. The highest BCUT2D eigenvalue weighted by Crippen LogP contribution is 2.19. The Hall–Kier alpha value is -2.44. The number of carbonyl (C=O) groups is 3. The van der Waals surface area contributed by atoms with Crippen LogP contribution in [0.2, 0.25) is 0 Å². The highest BCUT2D eigenvalue weighted by Gasteiger charge is 2.41. The molecule has 118 valence electrons. The molecule has 0 aromatic carbocycles. The first-order valence-corrected chi connectivity index (χ1v) is 7.14. The number of aromatic nitrogens is 1. The van der Waals surface area contributed by atoms with E-state index in [9.17, 15) is 19.2 Å². The van der Waals surface area contributed by atoms with Crippen LogP contribution in [-0.2, 0) is 16.6 Å². The molecule has 2 rings (SSSR count). The first-order valence-electron chi connectivity index (χ1n) is 7.14. The number of imide groups is 1. The Morgan fingerprint density at radius 2 is 2.00 bits per heavy atom. The third-order valence-electron chi connectivity index (χ3n) is 3.81. The van der Waals surface area contributed by atoms with Gasteiger partial charge in [-0.1, -0.05) is 6.92 Å². The van der Waals surface area contributed by atoms with Crippen molar-refractivity contribution in [2.75, 3.05) is 13.6 Å². The van der Waals surface area contributed by atoms with Gasteiger partial charge in [-0.05, 0) is 12.5 Å². The normalized spacial score (nSPS) is 18.0. The van der Waals surface area contributed by atoms with Gasteiger partial charge in [0.1, 0.15) is 6.04 Å². The van der Waals surface area contributed by atoms with Gasteiger partial charge >= 0.3 is 0 Å². The van der Waals surface area contributed by atoms with Gasteiger partial charge in [0, 0.05) is 38.5 Å². The Kier molecular flexibility index (Phi) is 4.44. The van der Waals surface area contributed by atoms with Crippen molar-refractivity contribution in [1.82, 2.24) is 14.4 Å². The van der Waals surface area contributed by atoms with Crippen molar-refractivity contribution in [1.29, 1.82) is 0 Å². The number of likely N-dealkylation sites (N-methyl/N-ethyl adjacent to an activating group) is 1. The number of carbonyl (C=O) groups excluding carboxylic acids is 3. The van der Waals surface area contributed by atoms with E-state index >= 15 is 0 Å². The Bertz CT molecular complexity index is 680. The summed E-state index contributed by atoms with van der Waals surface area (Å²) in [5, 5.41) is 0. The largest absolute Gasteiger partial charge is 0.326 e. The number of aryl methyl sites for hydroxylation is 1. The molecule has 0 aliphatic carbocycles. The summed E-state index contributed by atoms with van der Waals surface area (Å²) in [7, 11) is 3.01. The predicted molar refractivity (Wildman–Crippen MR) is 79.2 cm³/mol. The van der Waals surface area contributed by atoms with Crippen LogP contribution in [0.1, 0.15) is 30.1 Å². The molecule has 1 aliphatic heterocycles. The van der Waals surface area contributed by atoms with Crippen LogP contribution in [0.3, 0.4) is 0 Å². The lowest BCUT2D eigenvalue weighted by Crippen LogP contribution is -2.45. The molecule has 1 fully saturated rings. The van der Waals surface area contributed by atoms with Crippen LogP contribution >= 0.6 is 0 Å².